The molecule has 5 heteroatoms. The van der Waals surface area contributed by atoms with Gasteiger partial charge in [-0.3, -0.25) is 14.7 Å². The fourth-order valence-corrected chi connectivity index (χ4v) is 3.64. The Morgan fingerprint density at radius 2 is 2.19 bits per heavy atom. The van der Waals surface area contributed by atoms with E-state index in [1.165, 1.54) is 6.42 Å². The van der Waals surface area contributed by atoms with Crippen molar-refractivity contribution in [3.05, 3.63) is 59.1 Å². The molecule has 1 saturated heterocycles. The van der Waals surface area contributed by atoms with E-state index in [2.05, 4.69) is 16.8 Å². The van der Waals surface area contributed by atoms with Crippen LogP contribution in [0.25, 0.3) is 6.08 Å². The van der Waals surface area contributed by atoms with Crippen LogP contribution in [0.3, 0.4) is 0 Å². The van der Waals surface area contributed by atoms with Gasteiger partial charge in [-0.2, -0.15) is 0 Å². The molecular weight excluding hydrogens is 328 g/mol. The van der Waals surface area contributed by atoms with E-state index >= 15 is 0 Å². The third-order valence-corrected chi connectivity index (χ3v) is 5.18. The second kappa shape index (κ2) is 6.92. The topological polar surface area (TPSA) is 62.7 Å². The number of hydrogen-bond donors (Lipinski definition) is 1. The Morgan fingerprint density at radius 3 is 2.96 bits per heavy atom. The van der Waals surface area contributed by atoms with E-state index < -0.39 is 0 Å². The lowest BCUT2D eigenvalue weighted by molar-refractivity contribution is 0.101. The summed E-state index contributed by atoms with van der Waals surface area (Å²) < 4.78 is 5.90. The molecule has 1 fully saturated rings. The Kier molecular flexibility index (Phi) is 4.47. The van der Waals surface area contributed by atoms with Crippen LogP contribution in [-0.2, 0) is 6.54 Å². The van der Waals surface area contributed by atoms with E-state index in [4.69, 9.17) is 4.74 Å². The zero-order chi connectivity index (χ0) is 18.1. The number of carbonyl (C=O) groups excluding carboxylic acids is 1. The summed E-state index contributed by atoms with van der Waals surface area (Å²) in [4.78, 5) is 19.3. The van der Waals surface area contributed by atoms with Crippen molar-refractivity contribution >= 4 is 11.9 Å². The Bertz CT molecular complexity index is 861. The van der Waals surface area contributed by atoms with Gasteiger partial charge >= 0.3 is 0 Å². The van der Waals surface area contributed by atoms with Gasteiger partial charge in [-0.05, 0) is 50.6 Å². The number of rotatable bonds is 3. The van der Waals surface area contributed by atoms with Crippen LogP contribution < -0.4 is 4.74 Å². The molecule has 1 aromatic carbocycles. The van der Waals surface area contributed by atoms with Gasteiger partial charge in [0.25, 0.3) is 0 Å². The lowest BCUT2D eigenvalue weighted by atomic mass is 10.0. The molecule has 0 bridgehead atoms. The number of phenols is 1. The van der Waals surface area contributed by atoms with Crippen molar-refractivity contribution in [3.8, 4) is 11.5 Å². The van der Waals surface area contributed by atoms with Crippen molar-refractivity contribution in [2.75, 3.05) is 6.54 Å². The summed E-state index contributed by atoms with van der Waals surface area (Å²) >= 11 is 0. The number of aromatic hydroxyl groups is 1. The number of aromatic nitrogens is 1. The number of nitrogens with zero attached hydrogens (tertiary/aromatic N) is 2. The summed E-state index contributed by atoms with van der Waals surface area (Å²) in [6.45, 7) is 3.78. The number of allylic oxidation sites excluding steroid dienone is 1. The average Bonchev–Trinajstić information content (AvgIpc) is 2.96. The number of Topliss-reactive ketones (excluding diaryl/α,β-unsaturated/α-hetero) is 1. The van der Waals surface area contributed by atoms with Crippen LogP contribution in [0.4, 0.5) is 0 Å². The maximum absolute atomic E-state index is 12.7. The minimum absolute atomic E-state index is 0.168. The van der Waals surface area contributed by atoms with Gasteiger partial charge in [-0.25, -0.2) is 0 Å². The van der Waals surface area contributed by atoms with E-state index in [0.717, 1.165) is 19.4 Å². The van der Waals surface area contributed by atoms with Crippen LogP contribution in [-0.4, -0.2) is 33.4 Å². The van der Waals surface area contributed by atoms with Gasteiger partial charge in [0.2, 0.25) is 5.78 Å². The molecule has 0 amide bonds. The third kappa shape index (κ3) is 3.10. The van der Waals surface area contributed by atoms with Gasteiger partial charge in [0, 0.05) is 24.9 Å². The summed E-state index contributed by atoms with van der Waals surface area (Å²) in [6, 6.07) is 9.19. The van der Waals surface area contributed by atoms with Gasteiger partial charge in [0.1, 0.15) is 11.5 Å². The minimum Gasteiger partial charge on any atom is -0.507 e. The molecule has 26 heavy (non-hydrogen) atoms. The molecule has 1 N–H and O–H groups in total. The minimum atomic E-state index is -0.168. The van der Waals surface area contributed by atoms with Gasteiger partial charge in [-0.15, -0.1) is 0 Å². The first kappa shape index (κ1) is 16.8. The molecule has 2 aliphatic rings. The Hall–Kier alpha value is -2.66. The second-order valence-corrected chi connectivity index (χ2v) is 6.95. The number of phenolic OH excluding ortho intramolecular Hbond substituents is 1. The SMILES string of the molecule is CC1CCCCN1Cc1c(O)ccc2c1O/C(=C\c1ccccn1)C2=O. The molecule has 0 aliphatic carbocycles. The van der Waals surface area contributed by atoms with Crippen LogP contribution in [0.2, 0.25) is 0 Å². The molecule has 3 heterocycles. The standard InChI is InChI=1S/C21H22N2O3/c1-14-6-3-5-11-23(14)13-17-18(24)9-8-16-20(25)19(26-21(16)17)12-15-7-2-4-10-22-15/h2,4,7-10,12,14,24H,3,5-6,11,13H2,1H3/b19-12-. The van der Waals surface area contributed by atoms with Crippen molar-refractivity contribution in [3.63, 3.8) is 0 Å². The average molecular weight is 350 g/mol. The number of carbonyl (C=O) groups is 1. The second-order valence-electron chi connectivity index (χ2n) is 6.95. The highest BCUT2D eigenvalue weighted by Crippen LogP contribution is 2.40. The van der Waals surface area contributed by atoms with Crippen LogP contribution in [0.1, 0.15) is 47.8 Å². The van der Waals surface area contributed by atoms with Crippen molar-refractivity contribution in [1.29, 1.82) is 0 Å². The van der Waals surface area contributed by atoms with Crippen LogP contribution in [0, 0.1) is 0 Å². The van der Waals surface area contributed by atoms with Crippen molar-refractivity contribution in [2.45, 2.75) is 38.8 Å². The first-order valence-electron chi connectivity index (χ1n) is 9.07. The molecule has 134 valence electrons. The molecule has 0 radical (unpaired) electrons. The highest BCUT2D eigenvalue weighted by Gasteiger charge is 2.32. The lowest BCUT2D eigenvalue weighted by Crippen LogP contribution is -2.36. The molecule has 1 unspecified atom stereocenters. The van der Waals surface area contributed by atoms with Crippen LogP contribution in [0.5, 0.6) is 11.5 Å². The third-order valence-electron chi connectivity index (χ3n) is 5.18. The van der Waals surface area contributed by atoms with E-state index in [9.17, 15) is 9.90 Å². The number of hydrogen-bond acceptors (Lipinski definition) is 5. The molecule has 0 spiro atoms. The zero-order valence-corrected chi connectivity index (χ0v) is 14.8. The highest BCUT2D eigenvalue weighted by atomic mass is 16.5. The largest absolute Gasteiger partial charge is 0.507 e. The predicted molar refractivity (Wildman–Crippen MR) is 99.0 cm³/mol. The summed E-state index contributed by atoms with van der Waals surface area (Å²) in [5.74, 6) is 0.735. The van der Waals surface area contributed by atoms with Crippen molar-refractivity contribution in [1.82, 2.24) is 9.88 Å². The first-order chi connectivity index (χ1) is 12.6. The quantitative estimate of drug-likeness (QED) is 0.854. The fraction of sp³-hybridized carbons (Fsp3) is 0.333. The maximum atomic E-state index is 12.7. The number of benzene rings is 1. The molecule has 1 atom stereocenters. The van der Waals surface area contributed by atoms with Crippen LogP contribution >= 0.6 is 0 Å². The number of pyridine rings is 1. The Morgan fingerprint density at radius 1 is 1.31 bits per heavy atom. The summed E-state index contributed by atoms with van der Waals surface area (Å²) in [7, 11) is 0. The number of ketones is 1. The Balaban J connectivity index is 1.66. The molecule has 2 aliphatic heterocycles. The molecule has 5 nitrogen and oxygen atoms in total. The maximum Gasteiger partial charge on any atom is 0.232 e. The highest BCUT2D eigenvalue weighted by molar-refractivity contribution is 6.14. The van der Waals surface area contributed by atoms with E-state index in [-0.39, 0.29) is 17.3 Å². The van der Waals surface area contributed by atoms with E-state index in [0.29, 0.717) is 35.2 Å². The molecule has 2 aromatic rings. The summed E-state index contributed by atoms with van der Waals surface area (Å²) in [5, 5.41) is 10.4. The summed E-state index contributed by atoms with van der Waals surface area (Å²) in [6.07, 6.45) is 6.87. The monoisotopic (exact) mass is 350 g/mol. The lowest BCUT2D eigenvalue weighted by Gasteiger charge is -2.33. The smallest absolute Gasteiger partial charge is 0.232 e. The van der Waals surface area contributed by atoms with Crippen molar-refractivity contribution < 1.29 is 14.6 Å². The number of likely N-dealkylation sites (tertiary alicyclic amines) is 1. The van der Waals surface area contributed by atoms with Gasteiger partial charge in [-0.1, -0.05) is 12.5 Å². The first-order valence-corrected chi connectivity index (χ1v) is 9.07. The van der Waals surface area contributed by atoms with E-state index in [1.54, 1.807) is 24.4 Å². The fourth-order valence-electron chi connectivity index (χ4n) is 3.64. The normalized spacial score (nSPS) is 21.7. The molecule has 1 aromatic heterocycles. The van der Waals surface area contributed by atoms with Gasteiger partial charge in [0.15, 0.2) is 5.76 Å². The van der Waals surface area contributed by atoms with Crippen LogP contribution in [0.15, 0.2) is 42.3 Å². The number of fused-ring (bicyclic) bond motifs is 1. The predicted octanol–water partition coefficient (Wildman–Crippen LogP) is 3.78. The van der Waals surface area contributed by atoms with Crippen molar-refractivity contribution in [2.24, 2.45) is 0 Å². The van der Waals surface area contributed by atoms with Gasteiger partial charge < -0.3 is 9.84 Å². The molecule has 0 saturated carbocycles. The molecular formula is C21H22N2O3. The number of piperidine rings is 1. The Labute approximate surface area is 152 Å². The zero-order valence-electron chi connectivity index (χ0n) is 14.8. The van der Waals surface area contributed by atoms with E-state index in [1.807, 2.05) is 18.2 Å². The molecule has 4 rings (SSSR count). The van der Waals surface area contributed by atoms with Gasteiger partial charge in [0.05, 0.1) is 16.8 Å². The number of ether oxygens (including phenoxy) is 1. The summed E-state index contributed by atoms with van der Waals surface area (Å²) in [5.41, 5.74) is 1.86.